The molecule has 4 atom stereocenters. The lowest BCUT2D eigenvalue weighted by Gasteiger charge is -2.19. The normalized spacial score (nSPS) is 10.6. The largest absolute Gasteiger partial charge is 0.478 e. The van der Waals surface area contributed by atoms with Crippen LogP contribution in [0.4, 0.5) is 0 Å². The predicted molar refractivity (Wildman–Crippen MR) is 350 cm³/mol. The quantitative estimate of drug-likeness (QED) is 0.0223. The number of carbonyl (C=O) groups is 6. The molecule has 0 saturated heterocycles. The van der Waals surface area contributed by atoms with Crippen molar-refractivity contribution in [1.29, 1.82) is 0 Å². The molecule has 0 radical (unpaired) electrons. The fourth-order valence-corrected chi connectivity index (χ4v) is 7.13. The molecule has 450 valence electrons. The van der Waals surface area contributed by atoms with Crippen LogP contribution in [0.2, 0.25) is 0 Å². The summed E-state index contributed by atoms with van der Waals surface area (Å²) in [5.41, 5.74) is 8.92. The van der Waals surface area contributed by atoms with Gasteiger partial charge in [0.1, 0.15) is 6.04 Å². The smallest absolute Gasteiger partial charge is 0.337 e. The SMILES string of the molecule is C.C.C#Cc1ccccc1.COC(=O)[C@@H](NC(=O)c1ccc(C#Cc2ccccc2)cc1)[C@@H](C)O.COC(=O)c1ccc(I)cc1.C[C@@H](O)[C@H](NC(=O)c1ccc(C#Cc2ccccc2)cc1)C(=O)NO.O=C(O)c1ccc(C#Cc2ccccc2)cc1. The van der Waals surface area contributed by atoms with Crippen molar-refractivity contribution in [3.8, 4) is 47.9 Å². The highest BCUT2D eigenvalue weighted by Crippen LogP contribution is 2.10. The van der Waals surface area contributed by atoms with Crippen molar-refractivity contribution in [3.05, 3.63) is 283 Å². The summed E-state index contributed by atoms with van der Waals surface area (Å²) in [6.07, 6.45) is 2.88. The number of terminal acetylenes is 1. The van der Waals surface area contributed by atoms with E-state index >= 15 is 0 Å². The zero-order valence-electron chi connectivity index (χ0n) is 47.1. The van der Waals surface area contributed by atoms with Crippen molar-refractivity contribution in [2.24, 2.45) is 0 Å². The second-order valence-corrected chi connectivity index (χ2v) is 19.0. The maximum atomic E-state index is 12.2. The van der Waals surface area contributed by atoms with E-state index < -0.39 is 54.0 Å². The van der Waals surface area contributed by atoms with Crippen molar-refractivity contribution in [2.75, 3.05) is 14.2 Å². The van der Waals surface area contributed by atoms with E-state index in [9.17, 15) is 39.0 Å². The van der Waals surface area contributed by atoms with Gasteiger partial charge in [-0.1, -0.05) is 129 Å². The summed E-state index contributed by atoms with van der Waals surface area (Å²) in [5, 5.41) is 41.3. The third kappa shape index (κ3) is 27.0. The van der Waals surface area contributed by atoms with Crippen LogP contribution in [0.1, 0.15) is 109 Å². The van der Waals surface area contributed by atoms with Gasteiger partial charge in [0.25, 0.3) is 17.7 Å². The van der Waals surface area contributed by atoms with Crippen molar-refractivity contribution < 1.29 is 58.8 Å². The van der Waals surface area contributed by atoms with Gasteiger partial charge in [-0.25, -0.2) is 19.9 Å². The molecular weight excluding hydrogens is 1230 g/mol. The van der Waals surface area contributed by atoms with Crippen LogP contribution < -0.4 is 16.1 Å². The molecule has 0 aliphatic heterocycles. The van der Waals surface area contributed by atoms with Crippen LogP contribution in [0.5, 0.6) is 0 Å². The van der Waals surface area contributed by atoms with E-state index in [1.165, 1.54) is 33.5 Å². The summed E-state index contributed by atoms with van der Waals surface area (Å²) in [5.74, 6) is 16.8. The van der Waals surface area contributed by atoms with Gasteiger partial charge in [0, 0.05) is 53.6 Å². The highest BCUT2D eigenvalue weighted by Gasteiger charge is 2.27. The van der Waals surface area contributed by atoms with Crippen molar-refractivity contribution in [1.82, 2.24) is 16.1 Å². The van der Waals surface area contributed by atoms with Gasteiger partial charge < -0.3 is 35.4 Å². The Hall–Kier alpha value is -10.6. The Labute approximate surface area is 528 Å². The molecule has 0 heterocycles. The maximum absolute atomic E-state index is 12.2. The number of aromatic carboxylic acids is 1. The standard InChI is InChI=1S/C20H19NO4.C19H18N2O4.C15H10O2.C8H7IO2.C8H6.2CH4/c1-14(22)18(20(24)25-2)21-19(23)17-12-10-16(11-13-17)9-8-15-6-4-3-5-7-15;1-13(22)17(19(24)21-25)20-18(23)16-11-9-15(10-12-16)8-7-14-5-3-2-4-6-14;16-15(17)14-10-8-13(9-11-14)7-6-12-4-2-1-3-5-12;1-11-8(10)6-2-4-7(9)5-3-6;1-2-8-6-4-3-5-7-8;;/h3-7,10-14,18,22H,1-2H3,(H,21,23);2-6,9-13,17,22,25H,1H3,(H,20,23)(H,21,24);1-5,8-11H,(H,16,17);2-5H,1H3;1,3-7H;2*1H4/t14-,18+;13-,17+;;;;;/m11...../s1. The number of rotatable bonds is 10. The summed E-state index contributed by atoms with van der Waals surface area (Å²) in [4.78, 5) is 68.9. The molecular formula is C72H68IN3O12. The minimum atomic E-state index is -1.25. The zero-order chi connectivity index (χ0) is 62.6. The minimum Gasteiger partial charge on any atom is -0.478 e. The first kappa shape index (κ1) is 73.5. The monoisotopic (exact) mass is 1290 g/mol. The van der Waals surface area contributed by atoms with E-state index in [1.807, 2.05) is 133 Å². The Bertz CT molecular complexity index is 3550. The molecule has 7 N–H and O–H groups in total. The Morgan fingerprint density at radius 2 is 0.727 bits per heavy atom. The van der Waals surface area contributed by atoms with Gasteiger partial charge in [-0.15, -0.1) is 6.42 Å². The second-order valence-electron chi connectivity index (χ2n) is 17.8. The Kier molecular flexibility index (Phi) is 34.0. The van der Waals surface area contributed by atoms with Crippen molar-refractivity contribution in [2.45, 2.75) is 53.0 Å². The summed E-state index contributed by atoms with van der Waals surface area (Å²) < 4.78 is 10.2. The van der Waals surface area contributed by atoms with Crippen LogP contribution in [-0.4, -0.2) is 94.7 Å². The summed E-state index contributed by atoms with van der Waals surface area (Å²) >= 11 is 2.18. The summed E-state index contributed by atoms with van der Waals surface area (Å²) in [7, 11) is 2.57. The topological polar surface area (TPSA) is 238 Å². The molecule has 8 rings (SSSR count). The first-order valence-electron chi connectivity index (χ1n) is 26.0. The van der Waals surface area contributed by atoms with Gasteiger partial charge in [0.15, 0.2) is 6.04 Å². The molecule has 0 spiro atoms. The van der Waals surface area contributed by atoms with E-state index in [4.69, 9.17) is 16.7 Å². The van der Waals surface area contributed by atoms with Crippen LogP contribution in [0.15, 0.2) is 218 Å². The Balaban J connectivity index is 0.000000392. The summed E-state index contributed by atoms with van der Waals surface area (Å²) in [6, 6.07) is 62.9. The van der Waals surface area contributed by atoms with Crippen LogP contribution in [0.3, 0.4) is 0 Å². The highest BCUT2D eigenvalue weighted by molar-refractivity contribution is 14.1. The lowest BCUT2D eigenvalue weighted by atomic mass is 10.1. The van der Waals surface area contributed by atoms with Crippen molar-refractivity contribution >= 4 is 58.2 Å². The number of benzene rings is 8. The number of hydroxylamine groups is 1. The number of esters is 2. The van der Waals surface area contributed by atoms with Crippen LogP contribution >= 0.6 is 22.6 Å². The summed E-state index contributed by atoms with van der Waals surface area (Å²) in [6.45, 7) is 2.74. The van der Waals surface area contributed by atoms with Crippen LogP contribution in [0, 0.1) is 51.4 Å². The number of halogens is 1. The minimum absolute atomic E-state index is 0. The van der Waals surface area contributed by atoms with Gasteiger partial charge in [0.2, 0.25) is 0 Å². The van der Waals surface area contributed by atoms with Gasteiger partial charge in [0.05, 0.1) is 37.6 Å². The number of carbonyl (C=O) groups excluding carboxylic acids is 5. The molecule has 88 heavy (non-hydrogen) atoms. The second kappa shape index (κ2) is 40.6. The Morgan fingerprint density at radius 1 is 0.432 bits per heavy atom. The van der Waals surface area contributed by atoms with E-state index in [0.29, 0.717) is 16.7 Å². The average molecular weight is 1290 g/mol. The fraction of sp³-hybridized carbons (Fsp3) is 0.139. The van der Waals surface area contributed by atoms with Gasteiger partial charge >= 0.3 is 17.9 Å². The lowest BCUT2D eigenvalue weighted by molar-refractivity contribution is -0.145. The predicted octanol–water partition coefficient (Wildman–Crippen LogP) is 10.6. The number of hydrogen-bond donors (Lipinski definition) is 7. The number of amides is 3. The van der Waals surface area contributed by atoms with Gasteiger partial charge in [-0.05, 0) is 182 Å². The first-order valence-corrected chi connectivity index (χ1v) is 27.1. The van der Waals surface area contributed by atoms with Crippen LogP contribution in [0.25, 0.3) is 0 Å². The van der Waals surface area contributed by atoms with Crippen molar-refractivity contribution in [3.63, 3.8) is 0 Å². The molecule has 3 amide bonds. The number of aliphatic hydroxyl groups excluding tert-OH is 2. The molecule has 0 bridgehead atoms. The number of carboxylic acid groups (broad SMARTS) is 1. The van der Waals surface area contributed by atoms with Gasteiger partial charge in [-0.2, -0.15) is 0 Å². The molecule has 16 heteroatoms. The number of hydrogen-bond acceptors (Lipinski definition) is 11. The molecule has 8 aromatic carbocycles. The van der Waals surface area contributed by atoms with Crippen LogP contribution in [-0.2, 0) is 19.1 Å². The Morgan fingerprint density at radius 3 is 1.00 bits per heavy atom. The molecule has 0 aliphatic carbocycles. The van der Waals surface area contributed by atoms with E-state index in [2.05, 4.69) is 84.1 Å². The van der Waals surface area contributed by atoms with Gasteiger partial charge in [-0.3, -0.25) is 19.6 Å². The average Bonchev–Trinajstić information content (AvgIpc) is 3.67. The third-order valence-electron chi connectivity index (χ3n) is 11.4. The molecule has 0 saturated carbocycles. The fourth-order valence-electron chi connectivity index (χ4n) is 6.77. The number of aliphatic hydroxyl groups is 2. The first-order chi connectivity index (χ1) is 41.4. The molecule has 0 fully saturated rings. The lowest BCUT2D eigenvalue weighted by Crippen LogP contribution is -2.51. The highest BCUT2D eigenvalue weighted by atomic mass is 127. The van der Waals surface area contributed by atoms with E-state index in [1.54, 1.807) is 84.9 Å². The van der Waals surface area contributed by atoms with E-state index in [0.717, 1.165) is 42.5 Å². The number of methoxy groups -OCH3 is 2. The molecule has 0 unspecified atom stereocenters. The molecule has 0 aromatic heterocycles. The molecule has 15 nitrogen and oxygen atoms in total. The zero-order valence-corrected chi connectivity index (χ0v) is 49.3. The maximum Gasteiger partial charge on any atom is 0.337 e. The third-order valence-corrected chi connectivity index (χ3v) is 12.1. The molecule has 8 aromatic rings. The van der Waals surface area contributed by atoms with E-state index in [-0.39, 0.29) is 26.4 Å². The molecule has 0 aliphatic rings. The number of ether oxygens (including phenoxy) is 2. The number of carboxylic acids is 1. The number of nitrogens with one attached hydrogen (secondary N) is 3.